The lowest BCUT2D eigenvalue weighted by Crippen LogP contribution is -2.22. The van der Waals surface area contributed by atoms with Crippen LogP contribution in [0.1, 0.15) is 35.8 Å². The highest BCUT2D eigenvalue weighted by Gasteiger charge is 2.28. The van der Waals surface area contributed by atoms with E-state index in [0.717, 1.165) is 6.07 Å². The number of methoxy groups -OCH3 is 2. The minimum absolute atomic E-state index is 0.0669. The Morgan fingerprint density at radius 2 is 1.79 bits per heavy atom. The number of carbonyl (C=O) groups is 1. The van der Waals surface area contributed by atoms with Crippen molar-refractivity contribution in [2.75, 3.05) is 32.8 Å². The molecule has 0 aliphatic carbocycles. The Labute approximate surface area is 224 Å². The third kappa shape index (κ3) is 6.17. The molecule has 4 rings (SSSR count). The number of hydrogen-bond acceptors (Lipinski definition) is 6. The quantitative estimate of drug-likeness (QED) is 0.195. The first-order valence-electron chi connectivity index (χ1n) is 11.9. The van der Waals surface area contributed by atoms with Gasteiger partial charge in [-0.25, -0.2) is 8.78 Å². The predicted molar refractivity (Wildman–Crippen MR) is 144 cm³/mol. The molecule has 1 aromatic heterocycles. The third-order valence-corrected chi connectivity index (χ3v) is 5.80. The SMILES string of the molecule is CC.COc1cc(NC(C(=O)c2c[nH]c3c(F)c(F)ccc23)c2ccc(Cl)cc2OC)cc(OCCO)c1. The number of hydrogen-bond donors (Lipinski definition) is 3. The fourth-order valence-electron chi connectivity index (χ4n) is 3.89. The number of fused-ring (bicyclic) bond motifs is 1. The molecule has 1 heterocycles. The molecule has 7 nitrogen and oxygen atoms in total. The van der Waals surface area contributed by atoms with Crippen LogP contribution in [0.4, 0.5) is 14.5 Å². The van der Waals surface area contributed by atoms with Crippen LogP contribution in [0.5, 0.6) is 17.2 Å². The van der Waals surface area contributed by atoms with Gasteiger partial charge in [0.2, 0.25) is 0 Å². The maximum absolute atomic E-state index is 14.3. The fourth-order valence-corrected chi connectivity index (χ4v) is 4.05. The van der Waals surface area contributed by atoms with Crippen LogP contribution in [0.15, 0.2) is 54.7 Å². The molecule has 0 aliphatic heterocycles. The van der Waals surface area contributed by atoms with Gasteiger partial charge < -0.3 is 29.6 Å². The first-order chi connectivity index (χ1) is 18.4. The van der Waals surface area contributed by atoms with E-state index in [9.17, 15) is 13.6 Å². The normalized spacial score (nSPS) is 11.4. The lowest BCUT2D eigenvalue weighted by Gasteiger charge is -2.22. The summed E-state index contributed by atoms with van der Waals surface area (Å²) in [6, 6.07) is 11.1. The van der Waals surface area contributed by atoms with Crippen molar-refractivity contribution in [2.45, 2.75) is 19.9 Å². The molecule has 1 unspecified atom stereocenters. The molecular formula is C28H29ClF2N2O5. The highest BCUT2D eigenvalue weighted by Crippen LogP contribution is 2.36. The Kier molecular flexibility index (Phi) is 9.92. The smallest absolute Gasteiger partial charge is 0.191 e. The highest BCUT2D eigenvalue weighted by molar-refractivity contribution is 6.30. The van der Waals surface area contributed by atoms with E-state index in [4.69, 9.17) is 30.9 Å². The Morgan fingerprint density at radius 3 is 2.47 bits per heavy atom. The maximum Gasteiger partial charge on any atom is 0.191 e. The molecule has 0 saturated carbocycles. The Bertz CT molecular complexity index is 1410. The molecule has 0 aliphatic rings. The molecule has 38 heavy (non-hydrogen) atoms. The van der Waals surface area contributed by atoms with Crippen LogP contribution in [-0.4, -0.2) is 43.3 Å². The molecule has 0 spiro atoms. The van der Waals surface area contributed by atoms with E-state index >= 15 is 0 Å². The van der Waals surface area contributed by atoms with Gasteiger partial charge in [0.15, 0.2) is 17.4 Å². The number of rotatable bonds is 10. The van der Waals surface area contributed by atoms with Gasteiger partial charge in [0.1, 0.15) is 29.9 Å². The van der Waals surface area contributed by atoms with Gasteiger partial charge in [-0.1, -0.05) is 31.5 Å². The Hall–Kier alpha value is -3.82. The summed E-state index contributed by atoms with van der Waals surface area (Å²) in [5.74, 6) is -1.32. The second-order valence-electron chi connectivity index (χ2n) is 7.78. The van der Waals surface area contributed by atoms with Crippen LogP contribution in [0.25, 0.3) is 10.9 Å². The van der Waals surface area contributed by atoms with Crippen molar-refractivity contribution in [1.82, 2.24) is 4.98 Å². The number of benzene rings is 3. The number of H-pyrrole nitrogens is 1. The van der Waals surface area contributed by atoms with Crippen molar-refractivity contribution in [1.29, 1.82) is 0 Å². The average molecular weight is 547 g/mol. The van der Waals surface area contributed by atoms with E-state index in [1.165, 1.54) is 26.5 Å². The van der Waals surface area contributed by atoms with Crippen LogP contribution in [-0.2, 0) is 0 Å². The zero-order valence-corrected chi connectivity index (χ0v) is 22.2. The largest absolute Gasteiger partial charge is 0.497 e. The molecule has 1 atom stereocenters. The summed E-state index contributed by atoms with van der Waals surface area (Å²) in [7, 11) is 2.94. The van der Waals surface area contributed by atoms with Crippen molar-refractivity contribution in [3.63, 3.8) is 0 Å². The number of nitrogens with one attached hydrogen (secondary N) is 2. The lowest BCUT2D eigenvalue weighted by molar-refractivity contribution is 0.0970. The number of ketones is 1. The number of aromatic nitrogens is 1. The predicted octanol–water partition coefficient (Wildman–Crippen LogP) is 6.55. The van der Waals surface area contributed by atoms with E-state index < -0.39 is 23.5 Å². The van der Waals surface area contributed by atoms with E-state index in [-0.39, 0.29) is 29.7 Å². The minimum atomic E-state index is -1.07. The molecule has 3 N–H and O–H groups in total. The highest BCUT2D eigenvalue weighted by atomic mass is 35.5. The number of aromatic amines is 1. The summed E-state index contributed by atoms with van der Waals surface area (Å²) >= 11 is 6.14. The minimum Gasteiger partial charge on any atom is -0.497 e. The fraction of sp³-hybridized carbons (Fsp3) is 0.250. The lowest BCUT2D eigenvalue weighted by atomic mass is 9.95. The Morgan fingerprint density at radius 1 is 1.05 bits per heavy atom. The first-order valence-corrected chi connectivity index (χ1v) is 12.3. The topological polar surface area (TPSA) is 92.8 Å². The average Bonchev–Trinajstić information content (AvgIpc) is 3.38. The molecule has 4 aromatic rings. The molecule has 10 heteroatoms. The van der Waals surface area contributed by atoms with Crippen LogP contribution in [0.2, 0.25) is 5.02 Å². The van der Waals surface area contributed by atoms with Gasteiger partial charge in [-0.05, 0) is 24.3 Å². The summed E-state index contributed by atoms with van der Waals surface area (Å²) < 4.78 is 44.4. The molecule has 0 bridgehead atoms. The number of Topliss-reactive ketones (excluding diaryl/α,β-unsaturated/α-hetero) is 1. The Balaban J connectivity index is 0.00000195. The summed E-state index contributed by atoms with van der Waals surface area (Å²) in [6.45, 7) is 3.89. The third-order valence-electron chi connectivity index (χ3n) is 5.57. The van der Waals surface area contributed by atoms with E-state index in [1.54, 1.807) is 36.4 Å². The van der Waals surface area contributed by atoms with Crippen molar-refractivity contribution < 1.29 is 32.9 Å². The van der Waals surface area contributed by atoms with Gasteiger partial charge in [-0.2, -0.15) is 0 Å². The van der Waals surface area contributed by atoms with Gasteiger partial charge in [0.25, 0.3) is 0 Å². The van der Waals surface area contributed by atoms with E-state index in [2.05, 4.69) is 10.3 Å². The van der Waals surface area contributed by atoms with Gasteiger partial charge in [-0.3, -0.25) is 4.79 Å². The van der Waals surface area contributed by atoms with Crippen LogP contribution in [0, 0.1) is 11.6 Å². The second kappa shape index (κ2) is 13.1. The molecular weight excluding hydrogens is 518 g/mol. The first kappa shape index (κ1) is 28.7. The molecule has 202 valence electrons. The molecule has 0 fully saturated rings. The van der Waals surface area contributed by atoms with Crippen molar-refractivity contribution >= 4 is 34.0 Å². The van der Waals surface area contributed by atoms with E-state index in [1.807, 2.05) is 13.8 Å². The molecule has 0 saturated heterocycles. The number of ether oxygens (including phenoxy) is 3. The standard InChI is InChI=1S/C26H23ClF2N2O5.C2H6/c1-34-16-10-15(11-17(12-16)36-8-7-32)31-25(19-4-3-14(27)9-22(19)35-2)26(33)20-13-30-24-18(20)5-6-21(28)23(24)29;1-2/h3-6,9-13,25,30-32H,7-8H2,1-2H3;1-2H3. The number of anilines is 1. The van der Waals surface area contributed by atoms with E-state index in [0.29, 0.717) is 33.5 Å². The zero-order valence-electron chi connectivity index (χ0n) is 21.4. The molecule has 0 amide bonds. The van der Waals surface area contributed by atoms with Gasteiger partial charge in [0.05, 0.1) is 26.3 Å². The van der Waals surface area contributed by atoms with Gasteiger partial charge in [0, 0.05) is 51.6 Å². The summed E-state index contributed by atoms with van der Waals surface area (Å²) in [6.07, 6.45) is 1.34. The van der Waals surface area contributed by atoms with Gasteiger partial charge in [-0.15, -0.1) is 0 Å². The summed E-state index contributed by atoms with van der Waals surface area (Å²) in [5, 5.41) is 12.9. The van der Waals surface area contributed by atoms with Crippen LogP contribution < -0.4 is 19.5 Å². The number of aliphatic hydroxyl groups is 1. The van der Waals surface area contributed by atoms with Crippen molar-refractivity contribution in [3.05, 3.63) is 82.5 Å². The second-order valence-corrected chi connectivity index (χ2v) is 8.22. The number of carbonyl (C=O) groups excluding carboxylic acids is 1. The molecule has 3 aromatic carbocycles. The van der Waals surface area contributed by atoms with Crippen LogP contribution in [0.3, 0.4) is 0 Å². The number of aliphatic hydroxyl groups excluding tert-OH is 1. The maximum atomic E-state index is 14.3. The zero-order chi connectivity index (χ0) is 27.8. The number of halogens is 3. The summed E-state index contributed by atoms with van der Waals surface area (Å²) in [4.78, 5) is 16.6. The monoisotopic (exact) mass is 546 g/mol. The van der Waals surface area contributed by atoms with Crippen molar-refractivity contribution in [3.8, 4) is 17.2 Å². The van der Waals surface area contributed by atoms with Crippen LogP contribution >= 0.6 is 11.6 Å². The van der Waals surface area contributed by atoms with Gasteiger partial charge >= 0.3 is 0 Å². The van der Waals surface area contributed by atoms with Crippen molar-refractivity contribution in [2.24, 2.45) is 0 Å². The molecule has 0 radical (unpaired) electrons. The summed E-state index contributed by atoms with van der Waals surface area (Å²) in [5.41, 5.74) is 0.971.